The van der Waals surface area contributed by atoms with E-state index in [0.29, 0.717) is 19.1 Å². The summed E-state index contributed by atoms with van der Waals surface area (Å²) in [5.74, 6) is 1.15. The summed E-state index contributed by atoms with van der Waals surface area (Å²) in [6.07, 6.45) is 1.79. The van der Waals surface area contributed by atoms with Crippen LogP contribution in [0.15, 0.2) is 29.3 Å². The molecule has 2 aliphatic rings. The van der Waals surface area contributed by atoms with Crippen LogP contribution in [0.3, 0.4) is 0 Å². The predicted molar refractivity (Wildman–Crippen MR) is 74.3 cm³/mol. The molecule has 2 heterocycles. The largest absolute Gasteiger partial charge is 0.466 e. The summed E-state index contributed by atoms with van der Waals surface area (Å²) in [6, 6.07) is 8.28. The molecule has 0 spiro atoms. The van der Waals surface area contributed by atoms with E-state index in [-0.39, 0.29) is 11.9 Å². The van der Waals surface area contributed by atoms with E-state index in [9.17, 15) is 4.79 Å². The maximum atomic E-state index is 11.8. The summed E-state index contributed by atoms with van der Waals surface area (Å²) >= 11 is 0. The second kappa shape index (κ2) is 5.03. The molecule has 0 amide bonds. The molecule has 0 saturated heterocycles. The first kappa shape index (κ1) is 12.2. The Morgan fingerprint density at radius 2 is 2.32 bits per heavy atom. The highest BCUT2D eigenvalue weighted by molar-refractivity contribution is 6.00. The van der Waals surface area contributed by atoms with Crippen LogP contribution in [0.1, 0.15) is 18.9 Å². The number of aliphatic imine (C=N–C) groups is 1. The van der Waals surface area contributed by atoms with Gasteiger partial charge in [0.05, 0.1) is 19.1 Å². The third-order valence-corrected chi connectivity index (χ3v) is 3.80. The van der Waals surface area contributed by atoms with Crippen LogP contribution in [-0.4, -0.2) is 25.0 Å². The summed E-state index contributed by atoms with van der Waals surface area (Å²) in [6.45, 7) is 2.82. The van der Waals surface area contributed by atoms with Crippen molar-refractivity contribution in [3.8, 4) is 0 Å². The lowest BCUT2D eigenvalue weighted by Gasteiger charge is -2.33. The Bertz CT molecular complexity index is 525. The van der Waals surface area contributed by atoms with E-state index < -0.39 is 0 Å². The van der Waals surface area contributed by atoms with Crippen LogP contribution in [0.4, 0.5) is 5.69 Å². The van der Waals surface area contributed by atoms with Crippen LogP contribution in [0, 0.1) is 11.8 Å². The highest BCUT2D eigenvalue weighted by Gasteiger charge is 2.33. The number of hydrogen-bond donors (Lipinski definition) is 1. The van der Waals surface area contributed by atoms with Crippen LogP contribution in [0.5, 0.6) is 0 Å². The van der Waals surface area contributed by atoms with E-state index >= 15 is 0 Å². The molecule has 19 heavy (non-hydrogen) atoms. The highest BCUT2D eigenvalue weighted by Crippen LogP contribution is 2.32. The molecule has 2 unspecified atom stereocenters. The van der Waals surface area contributed by atoms with Crippen molar-refractivity contribution < 1.29 is 9.53 Å². The smallest absolute Gasteiger partial charge is 0.310 e. The molecular weight excluding hydrogens is 240 g/mol. The molecular formula is C15H18N2O2. The van der Waals surface area contributed by atoms with Crippen molar-refractivity contribution in [3.05, 3.63) is 29.8 Å². The quantitative estimate of drug-likeness (QED) is 0.828. The van der Waals surface area contributed by atoms with Gasteiger partial charge in [-0.25, -0.2) is 0 Å². The van der Waals surface area contributed by atoms with Gasteiger partial charge in [0.25, 0.3) is 0 Å². The van der Waals surface area contributed by atoms with Crippen molar-refractivity contribution >= 4 is 17.5 Å². The molecule has 0 bridgehead atoms. The van der Waals surface area contributed by atoms with Crippen molar-refractivity contribution in [2.75, 3.05) is 18.5 Å². The number of benzene rings is 1. The van der Waals surface area contributed by atoms with Crippen molar-refractivity contribution in [1.82, 2.24) is 0 Å². The van der Waals surface area contributed by atoms with Crippen molar-refractivity contribution in [1.29, 1.82) is 0 Å². The van der Waals surface area contributed by atoms with Crippen LogP contribution < -0.4 is 5.32 Å². The number of fused-ring (bicyclic) bond motifs is 2. The summed E-state index contributed by atoms with van der Waals surface area (Å²) in [5.41, 5.74) is 2.45. The topological polar surface area (TPSA) is 50.7 Å². The van der Waals surface area contributed by atoms with E-state index in [4.69, 9.17) is 4.74 Å². The molecule has 0 saturated carbocycles. The van der Waals surface area contributed by atoms with E-state index in [1.54, 1.807) is 0 Å². The Balaban J connectivity index is 1.77. The Morgan fingerprint density at radius 3 is 3.16 bits per heavy atom. The lowest BCUT2D eigenvalue weighted by Crippen LogP contribution is -2.38. The van der Waals surface area contributed by atoms with Crippen molar-refractivity contribution in [3.63, 3.8) is 0 Å². The summed E-state index contributed by atoms with van der Waals surface area (Å²) < 4.78 is 5.10. The molecule has 0 aliphatic carbocycles. The number of para-hydroxylation sites is 1. The molecule has 0 fully saturated rings. The average Bonchev–Trinajstić information content (AvgIpc) is 2.44. The lowest BCUT2D eigenvalue weighted by atomic mass is 9.83. The molecule has 1 aromatic carbocycles. The van der Waals surface area contributed by atoms with Gasteiger partial charge in [0, 0.05) is 11.6 Å². The number of nitrogens with zero attached hydrogens (tertiary/aromatic N) is 1. The molecule has 1 aromatic rings. The minimum atomic E-state index is -0.107. The zero-order valence-electron chi connectivity index (χ0n) is 11.1. The van der Waals surface area contributed by atoms with Crippen LogP contribution >= 0.6 is 0 Å². The van der Waals surface area contributed by atoms with Gasteiger partial charge in [0.1, 0.15) is 5.84 Å². The standard InChI is InChI=1S/C15H18N2O2/c1-2-19-15(18)12-8-11-7-10-5-3-4-6-13(10)17-14(11)16-9-12/h3-6,11-12H,2,7-9H2,1H3,(H,16,17). The minimum absolute atomic E-state index is 0.0826. The normalized spacial score (nSPS) is 24.6. The van der Waals surface area contributed by atoms with E-state index in [1.165, 1.54) is 5.56 Å². The van der Waals surface area contributed by atoms with Gasteiger partial charge < -0.3 is 10.1 Å². The molecule has 0 radical (unpaired) electrons. The second-order valence-corrected chi connectivity index (χ2v) is 5.09. The number of esters is 1. The number of hydrogen-bond acceptors (Lipinski definition) is 4. The van der Waals surface area contributed by atoms with Gasteiger partial charge in [-0.15, -0.1) is 0 Å². The third-order valence-electron chi connectivity index (χ3n) is 3.80. The third kappa shape index (κ3) is 2.35. The first-order valence-corrected chi connectivity index (χ1v) is 6.84. The fraction of sp³-hybridized carbons (Fsp3) is 0.467. The van der Waals surface area contributed by atoms with Crippen molar-refractivity contribution in [2.45, 2.75) is 19.8 Å². The Labute approximate surface area is 112 Å². The summed E-state index contributed by atoms with van der Waals surface area (Å²) in [7, 11) is 0. The number of ether oxygens (including phenoxy) is 1. The monoisotopic (exact) mass is 258 g/mol. The van der Waals surface area contributed by atoms with E-state index in [1.807, 2.05) is 19.1 Å². The fourth-order valence-corrected chi connectivity index (χ4v) is 2.84. The van der Waals surface area contributed by atoms with Gasteiger partial charge in [-0.05, 0) is 31.4 Å². The first-order valence-electron chi connectivity index (χ1n) is 6.84. The number of carbonyl (C=O) groups is 1. The molecule has 4 nitrogen and oxygen atoms in total. The Hall–Kier alpha value is -1.84. The molecule has 1 N–H and O–H groups in total. The van der Waals surface area contributed by atoms with Gasteiger partial charge in [0.15, 0.2) is 0 Å². The maximum absolute atomic E-state index is 11.8. The number of nitrogens with one attached hydrogen (secondary N) is 1. The van der Waals surface area contributed by atoms with Crippen LogP contribution in [0.25, 0.3) is 0 Å². The number of rotatable bonds is 2. The number of anilines is 1. The van der Waals surface area contributed by atoms with Gasteiger partial charge in [-0.1, -0.05) is 18.2 Å². The number of carbonyl (C=O) groups excluding carboxylic acids is 1. The van der Waals surface area contributed by atoms with Crippen LogP contribution in [-0.2, 0) is 16.0 Å². The first-order chi connectivity index (χ1) is 9.28. The Kier molecular flexibility index (Phi) is 3.23. The number of amidine groups is 1. The van der Waals surface area contributed by atoms with E-state index in [2.05, 4.69) is 22.4 Å². The average molecular weight is 258 g/mol. The summed E-state index contributed by atoms with van der Waals surface area (Å²) in [5, 5.41) is 3.39. The summed E-state index contributed by atoms with van der Waals surface area (Å²) in [4.78, 5) is 16.3. The van der Waals surface area contributed by atoms with Gasteiger partial charge in [-0.3, -0.25) is 9.79 Å². The molecule has 0 aromatic heterocycles. The highest BCUT2D eigenvalue weighted by atomic mass is 16.5. The SMILES string of the molecule is CCOC(=O)C1CN=C2Nc3ccccc3CC2C1. The van der Waals surface area contributed by atoms with Gasteiger partial charge in [-0.2, -0.15) is 0 Å². The van der Waals surface area contributed by atoms with Gasteiger partial charge >= 0.3 is 5.97 Å². The van der Waals surface area contributed by atoms with Crippen molar-refractivity contribution in [2.24, 2.45) is 16.8 Å². The van der Waals surface area contributed by atoms with Crippen LogP contribution in [0.2, 0.25) is 0 Å². The zero-order valence-corrected chi connectivity index (χ0v) is 11.1. The maximum Gasteiger partial charge on any atom is 0.310 e. The Morgan fingerprint density at radius 1 is 1.47 bits per heavy atom. The zero-order chi connectivity index (χ0) is 13.2. The lowest BCUT2D eigenvalue weighted by molar-refractivity contribution is -0.148. The molecule has 2 aliphatic heterocycles. The molecule has 100 valence electrons. The fourth-order valence-electron chi connectivity index (χ4n) is 2.84. The minimum Gasteiger partial charge on any atom is -0.466 e. The van der Waals surface area contributed by atoms with E-state index in [0.717, 1.165) is 24.4 Å². The second-order valence-electron chi connectivity index (χ2n) is 5.09. The molecule has 4 heteroatoms. The van der Waals surface area contributed by atoms with Gasteiger partial charge in [0.2, 0.25) is 0 Å². The molecule has 3 rings (SSSR count). The molecule has 2 atom stereocenters. The predicted octanol–water partition coefficient (Wildman–Crippen LogP) is 2.25.